The summed E-state index contributed by atoms with van der Waals surface area (Å²) in [5, 5.41) is 3.27. The highest BCUT2D eigenvalue weighted by Crippen LogP contribution is 2.16. The first-order chi connectivity index (χ1) is 6.88. The van der Waals surface area contributed by atoms with Crippen molar-refractivity contribution in [3.63, 3.8) is 0 Å². The van der Waals surface area contributed by atoms with Gasteiger partial charge in [0.2, 0.25) is 0 Å². The lowest BCUT2D eigenvalue weighted by Gasteiger charge is -2.08. The van der Waals surface area contributed by atoms with Crippen LogP contribution in [0.4, 0.5) is 0 Å². The Labute approximate surface area is 85.0 Å². The maximum atomic E-state index is 5.23. The van der Waals surface area contributed by atoms with E-state index < -0.39 is 0 Å². The topological polar surface area (TPSA) is 30.5 Å². The second-order valence-electron chi connectivity index (χ2n) is 2.98. The molecule has 0 aliphatic heterocycles. The molecule has 3 heteroatoms. The van der Waals surface area contributed by atoms with Gasteiger partial charge in [-0.1, -0.05) is 18.2 Å². The first kappa shape index (κ1) is 11.0. The molecule has 0 bridgehead atoms. The summed E-state index contributed by atoms with van der Waals surface area (Å²) in [4.78, 5) is 0. The molecule has 0 aromatic heterocycles. The minimum Gasteiger partial charge on any atom is -0.496 e. The van der Waals surface area contributed by atoms with Crippen LogP contribution in [0, 0.1) is 0 Å². The van der Waals surface area contributed by atoms with Crippen molar-refractivity contribution in [1.29, 1.82) is 0 Å². The van der Waals surface area contributed by atoms with Gasteiger partial charge in [-0.05, 0) is 6.07 Å². The highest BCUT2D eigenvalue weighted by atomic mass is 16.5. The first-order valence-electron chi connectivity index (χ1n) is 4.70. The number of methoxy groups -OCH3 is 2. The summed E-state index contributed by atoms with van der Waals surface area (Å²) in [6, 6.07) is 8.00. The van der Waals surface area contributed by atoms with Gasteiger partial charge >= 0.3 is 0 Å². The Bertz CT molecular complexity index is 263. The van der Waals surface area contributed by atoms with E-state index in [1.54, 1.807) is 14.2 Å². The second-order valence-corrected chi connectivity index (χ2v) is 2.98. The normalized spacial score (nSPS) is 10.1. The largest absolute Gasteiger partial charge is 0.496 e. The molecule has 0 fully saturated rings. The van der Waals surface area contributed by atoms with Crippen molar-refractivity contribution in [2.75, 3.05) is 27.4 Å². The van der Waals surface area contributed by atoms with E-state index in [4.69, 9.17) is 9.47 Å². The fraction of sp³-hybridized carbons (Fsp3) is 0.455. The molecule has 0 aliphatic carbocycles. The van der Waals surface area contributed by atoms with Crippen LogP contribution < -0.4 is 10.1 Å². The Hall–Kier alpha value is -1.06. The van der Waals surface area contributed by atoms with Gasteiger partial charge in [-0.3, -0.25) is 0 Å². The summed E-state index contributed by atoms with van der Waals surface area (Å²) in [5.41, 5.74) is 1.17. The zero-order valence-corrected chi connectivity index (χ0v) is 8.75. The first-order valence-corrected chi connectivity index (χ1v) is 4.70. The highest BCUT2D eigenvalue weighted by Gasteiger charge is 1.99. The molecule has 1 N–H and O–H groups in total. The number of hydrogen-bond donors (Lipinski definition) is 1. The molecule has 78 valence electrons. The Kier molecular flexibility index (Phi) is 5.04. The molecular formula is C11H17NO2. The molecule has 14 heavy (non-hydrogen) atoms. The average Bonchev–Trinajstić information content (AvgIpc) is 2.25. The van der Waals surface area contributed by atoms with Crippen LogP contribution in [0.15, 0.2) is 24.3 Å². The van der Waals surface area contributed by atoms with E-state index >= 15 is 0 Å². The molecule has 0 amide bonds. The summed E-state index contributed by atoms with van der Waals surface area (Å²) < 4.78 is 10.2. The van der Waals surface area contributed by atoms with E-state index in [1.165, 1.54) is 5.56 Å². The molecule has 1 rings (SSSR count). The predicted molar refractivity (Wildman–Crippen MR) is 56.6 cm³/mol. The van der Waals surface area contributed by atoms with E-state index in [0.29, 0.717) is 0 Å². The minimum absolute atomic E-state index is 0.731. The summed E-state index contributed by atoms with van der Waals surface area (Å²) in [5.74, 6) is 0.928. The van der Waals surface area contributed by atoms with Crippen molar-refractivity contribution in [3.05, 3.63) is 29.8 Å². The molecule has 0 saturated carbocycles. The van der Waals surface area contributed by atoms with Gasteiger partial charge in [0.1, 0.15) is 5.75 Å². The van der Waals surface area contributed by atoms with E-state index in [2.05, 4.69) is 11.4 Å². The van der Waals surface area contributed by atoms with Crippen molar-refractivity contribution in [2.45, 2.75) is 6.54 Å². The Balaban J connectivity index is 2.41. The zero-order chi connectivity index (χ0) is 10.2. The average molecular weight is 195 g/mol. The molecular weight excluding hydrogens is 178 g/mol. The molecule has 0 heterocycles. The Morgan fingerprint density at radius 1 is 1.21 bits per heavy atom. The van der Waals surface area contributed by atoms with Crippen LogP contribution in [0.25, 0.3) is 0 Å². The van der Waals surface area contributed by atoms with Crippen molar-refractivity contribution >= 4 is 0 Å². The fourth-order valence-corrected chi connectivity index (χ4v) is 1.25. The van der Waals surface area contributed by atoms with Gasteiger partial charge in [0.05, 0.1) is 13.7 Å². The Morgan fingerprint density at radius 2 is 2.00 bits per heavy atom. The molecule has 0 saturated heterocycles. The molecule has 0 aliphatic rings. The maximum absolute atomic E-state index is 5.23. The fourth-order valence-electron chi connectivity index (χ4n) is 1.25. The van der Waals surface area contributed by atoms with Crippen molar-refractivity contribution < 1.29 is 9.47 Å². The monoisotopic (exact) mass is 195 g/mol. The van der Waals surface area contributed by atoms with Gasteiger partial charge in [-0.2, -0.15) is 0 Å². The summed E-state index contributed by atoms with van der Waals surface area (Å²) in [6.45, 7) is 2.40. The van der Waals surface area contributed by atoms with E-state index in [0.717, 1.165) is 25.4 Å². The molecule has 1 aromatic carbocycles. The van der Waals surface area contributed by atoms with Crippen molar-refractivity contribution in [3.8, 4) is 5.75 Å². The lowest BCUT2D eigenvalue weighted by molar-refractivity contribution is 0.199. The van der Waals surface area contributed by atoms with Crippen LogP contribution in [-0.4, -0.2) is 27.4 Å². The van der Waals surface area contributed by atoms with E-state index in [9.17, 15) is 0 Å². The van der Waals surface area contributed by atoms with Crippen LogP contribution >= 0.6 is 0 Å². The summed E-state index contributed by atoms with van der Waals surface area (Å²) in [6.07, 6.45) is 0. The molecule has 3 nitrogen and oxygen atoms in total. The lowest BCUT2D eigenvalue weighted by Crippen LogP contribution is -2.18. The molecule has 0 atom stereocenters. The van der Waals surface area contributed by atoms with Crippen LogP contribution in [0.2, 0.25) is 0 Å². The summed E-state index contributed by atoms with van der Waals surface area (Å²) >= 11 is 0. The van der Waals surface area contributed by atoms with E-state index in [1.807, 2.05) is 18.2 Å². The minimum atomic E-state index is 0.731. The van der Waals surface area contributed by atoms with Gasteiger partial charge in [0, 0.05) is 25.8 Å². The Morgan fingerprint density at radius 3 is 2.71 bits per heavy atom. The number of benzene rings is 1. The standard InChI is InChI=1S/C11H17NO2/c1-13-8-7-12-9-10-5-3-4-6-11(10)14-2/h3-6,12H,7-9H2,1-2H3. The van der Waals surface area contributed by atoms with Gasteiger partial charge in [0.25, 0.3) is 0 Å². The third-order valence-corrected chi connectivity index (χ3v) is 1.99. The molecule has 0 spiro atoms. The van der Waals surface area contributed by atoms with E-state index in [-0.39, 0.29) is 0 Å². The van der Waals surface area contributed by atoms with Crippen molar-refractivity contribution in [1.82, 2.24) is 5.32 Å². The number of ether oxygens (including phenoxy) is 2. The quantitative estimate of drug-likeness (QED) is 0.697. The molecule has 1 aromatic rings. The smallest absolute Gasteiger partial charge is 0.123 e. The van der Waals surface area contributed by atoms with Crippen molar-refractivity contribution in [2.24, 2.45) is 0 Å². The molecule has 0 radical (unpaired) electrons. The number of hydrogen-bond acceptors (Lipinski definition) is 3. The second kappa shape index (κ2) is 6.40. The van der Waals surface area contributed by atoms with Crippen LogP contribution in [0.1, 0.15) is 5.56 Å². The third-order valence-electron chi connectivity index (χ3n) is 1.99. The zero-order valence-electron chi connectivity index (χ0n) is 8.75. The highest BCUT2D eigenvalue weighted by molar-refractivity contribution is 5.32. The van der Waals surface area contributed by atoms with Gasteiger partial charge < -0.3 is 14.8 Å². The predicted octanol–water partition coefficient (Wildman–Crippen LogP) is 1.43. The SMILES string of the molecule is COCCNCc1ccccc1OC. The van der Waals surface area contributed by atoms with Gasteiger partial charge in [-0.25, -0.2) is 0 Å². The maximum Gasteiger partial charge on any atom is 0.123 e. The van der Waals surface area contributed by atoms with Crippen LogP contribution in [-0.2, 0) is 11.3 Å². The number of nitrogens with one attached hydrogen (secondary N) is 1. The van der Waals surface area contributed by atoms with Crippen LogP contribution in [0.3, 0.4) is 0 Å². The number of rotatable bonds is 6. The van der Waals surface area contributed by atoms with Gasteiger partial charge in [-0.15, -0.1) is 0 Å². The lowest BCUT2D eigenvalue weighted by atomic mass is 10.2. The number of para-hydroxylation sites is 1. The molecule has 0 unspecified atom stereocenters. The van der Waals surface area contributed by atoms with Gasteiger partial charge in [0.15, 0.2) is 0 Å². The third kappa shape index (κ3) is 3.36. The van der Waals surface area contributed by atoms with Crippen LogP contribution in [0.5, 0.6) is 5.75 Å². The summed E-state index contributed by atoms with van der Waals surface area (Å²) in [7, 11) is 3.39.